The van der Waals surface area contributed by atoms with Gasteiger partial charge in [-0.05, 0) is 106 Å². The van der Waals surface area contributed by atoms with Crippen molar-refractivity contribution in [2.24, 2.45) is 0 Å². The number of alkyl halides is 3. The van der Waals surface area contributed by atoms with E-state index >= 15 is 0 Å². The molecule has 284 valence electrons. The molecule has 0 saturated carbocycles. The summed E-state index contributed by atoms with van der Waals surface area (Å²) < 4.78 is 39.8. The molecule has 4 heterocycles. The molecule has 54 heavy (non-hydrogen) atoms. The van der Waals surface area contributed by atoms with Gasteiger partial charge in [-0.25, -0.2) is 0 Å². The topological polar surface area (TPSA) is 60.2 Å². The molecule has 4 aromatic rings. The van der Waals surface area contributed by atoms with E-state index in [0.29, 0.717) is 17.8 Å². The molecule has 7 nitrogen and oxygen atoms in total. The molecular weight excluding hydrogens is 726 g/mol. The number of rotatable bonds is 8. The minimum Gasteiger partial charge on any atom is -0.393 e. The summed E-state index contributed by atoms with van der Waals surface area (Å²) in [5, 5.41) is 18.9. The lowest BCUT2D eigenvalue weighted by Gasteiger charge is -2.35. The highest BCUT2D eigenvalue weighted by atomic mass is 32.2. The van der Waals surface area contributed by atoms with E-state index in [-0.39, 0.29) is 6.10 Å². The number of halogens is 3. The van der Waals surface area contributed by atoms with Crippen LogP contribution in [-0.2, 0) is 6.18 Å². The predicted molar refractivity (Wildman–Crippen MR) is 213 cm³/mol. The molecule has 0 bridgehead atoms. The first-order valence-electron chi connectivity index (χ1n) is 18.8. The smallest absolute Gasteiger partial charge is 0.393 e. The maximum Gasteiger partial charge on any atom is 0.416 e. The van der Waals surface area contributed by atoms with E-state index in [0.717, 1.165) is 106 Å². The standard InChI is InChI=1S/C21H24F3N3S.C21H23N3OS/c1-25-11-13-26(14-12-25)9-4-10-27-17-5-2-3-6-19(17)28-20-8-7-16(15-18(20)27)21(22,23)24;22-15-16-6-7-21-19(14-16)24(18-4-1-2-5-20(18)26-21)11-3-10-23-12-8-17(25)9-13-23/h2-3,5-8,15H,4,9-14H2,1H3;1-2,4-7,14,17,25H,3,8-13H2. The van der Waals surface area contributed by atoms with Crippen molar-refractivity contribution in [3.05, 3.63) is 96.1 Å². The van der Waals surface area contributed by atoms with Gasteiger partial charge in [-0.15, -0.1) is 0 Å². The summed E-state index contributed by atoms with van der Waals surface area (Å²) in [6, 6.07) is 28.8. The fourth-order valence-corrected chi connectivity index (χ4v) is 9.66. The first-order chi connectivity index (χ1) is 26.2. The van der Waals surface area contributed by atoms with Crippen LogP contribution < -0.4 is 9.80 Å². The summed E-state index contributed by atoms with van der Waals surface area (Å²) >= 11 is 3.32. The minimum absolute atomic E-state index is 0.117. The zero-order chi connectivity index (χ0) is 37.7. The highest BCUT2D eigenvalue weighted by molar-refractivity contribution is 8.00. The third-order valence-electron chi connectivity index (χ3n) is 10.6. The Bertz CT molecular complexity index is 1940. The van der Waals surface area contributed by atoms with Gasteiger partial charge in [0.15, 0.2) is 0 Å². The van der Waals surface area contributed by atoms with E-state index in [1.807, 2.05) is 36.4 Å². The Morgan fingerprint density at radius 3 is 1.70 bits per heavy atom. The summed E-state index contributed by atoms with van der Waals surface area (Å²) in [4.78, 5) is 16.1. The highest BCUT2D eigenvalue weighted by Crippen LogP contribution is 2.50. The van der Waals surface area contributed by atoms with Crippen LogP contribution in [0.2, 0.25) is 0 Å². The third-order valence-corrected chi connectivity index (χ3v) is 12.8. The molecule has 8 rings (SSSR count). The summed E-state index contributed by atoms with van der Waals surface area (Å²) in [6.07, 6.45) is -0.699. The normalized spacial score (nSPS) is 17.8. The second-order valence-corrected chi connectivity index (χ2v) is 16.5. The Morgan fingerprint density at radius 1 is 0.648 bits per heavy atom. The van der Waals surface area contributed by atoms with Gasteiger partial charge < -0.3 is 29.6 Å². The van der Waals surface area contributed by atoms with Crippen LogP contribution in [0.5, 0.6) is 0 Å². The number of likely N-dealkylation sites (tertiary alicyclic amines) is 1. The number of fused-ring (bicyclic) bond motifs is 4. The van der Waals surface area contributed by atoms with Gasteiger partial charge in [-0.3, -0.25) is 0 Å². The number of benzene rings is 4. The van der Waals surface area contributed by atoms with Crippen molar-refractivity contribution in [1.29, 1.82) is 5.26 Å². The number of anilines is 4. The van der Waals surface area contributed by atoms with Gasteiger partial charge in [-0.1, -0.05) is 47.8 Å². The Balaban J connectivity index is 0.000000167. The molecule has 4 aliphatic rings. The van der Waals surface area contributed by atoms with Crippen molar-refractivity contribution in [2.45, 2.75) is 57.5 Å². The average Bonchev–Trinajstić information content (AvgIpc) is 3.18. The number of hydrogen-bond donors (Lipinski definition) is 1. The first-order valence-corrected chi connectivity index (χ1v) is 20.4. The van der Waals surface area contributed by atoms with Gasteiger partial charge in [0.05, 0.1) is 46.0 Å². The molecule has 0 aliphatic carbocycles. The minimum atomic E-state index is -4.33. The molecule has 0 unspecified atom stereocenters. The lowest BCUT2D eigenvalue weighted by molar-refractivity contribution is -0.137. The van der Waals surface area contributed by atoms with E-state index in [9.17, 15) is 23.5 Å². The Labute approximate surface area is 325 Å². The number of para-hydroxylation sites is 2. The highest BCUT2D eigenvalue weighted by Gasteiger charge is 2.33. The van der Waals surface area contributed by atoms with Crippen molar-refractivity contribution in [1.82, 2.24) is 14.7 Å². The summed E-state index contributed by atoms with van der Waals surface area (Å²) in [5.74, 6) is 0. The van der Waals surface area contributed by atoms with Gasteiger partial charge in [-0.2, -0.15) is 18.4 Å². The zero-order valence-corrected chi connectivity index (χ0v) is 32.3. The van der Waals surface area contributed by atoms with E-state index in [2.05, 4.69) is 67.9 Å². The molecule has 0 spiro atoms. The monoisotopic (exact) mass is 772 g/mol. The second kappa shape index (κ2) is 17.4. The van der Waals surface area contributed by atoms with Crippen LogP contribution in [0.3, 0.4) is 0 Å². The van der Waals surface area contributed by atoms with Crippen LogP contribution in [0.1, 0.15) is 36.8 Å². The Morgan fingerprint density at radius 2 is 1.15 bits per heavy atom. The van der Waals surface area contributed by atoms with Gasteiger partial charge >= 0.3 is 6.18 Å². The van der Waals surface area contributed by atoms with E-state index in [4.69, 9.17) is 0 Å². The van der Waals surface area contributed by atoms with Crippen molar-refractivity contribution < 1.29 is 18.3 Å². The van der Waals surface area contributed by atoms with Crippen LogP contribution >= 0.6 is 23.5 Å². The van der Waals surface area contributed by atoms with Crippen LogP contribution in [-0.4, -0.2) is 98.4 Å². The fraction of sp³-hybridized carbons (Fsp3) is 0.405. The first kappa shape index (κ1) is 38.6. The molecule has 2 fully saturated rings. The number of nitriles is 1. The zero-order valence-electron chi connectivity index (χ0n) is 30.6. The van der Waals surface area contributed by atoms with Crippen molar-refractivity contribution >= 4 is 46.3 Å². The number of piperazine rings is 1. The molecule has 4 aliphatic heterocycles. The number of nitrogens with zero attached hydrogens (tertiary/aromatic N) is 6. The number of aliphatic hydroxyl groups excluding tert-OH is 1. The number of aliphatic hydroxyl groups is 1. The van der Waals surface area contributed by atoms with Crippen molar-refractivity contribution in [2.75, 3.05) is 82.3 Å². The van der Waals surface area contributed by atoms with Gasteiger partial charge in [0, 0.05) is 71.9 Å². The lowest BCUT2D eigenvalue weighted by atomic mass is 10.1. The quantitative estimate of drug-likeness (QED) is 0.189. The summed E-state index contributed by atoms with van der Waals surface area (Å²) in [5.41, 5.74) is 4.15. The number of piperidine rings is 1. The van der Waals surface area contributed by atoms with E-state index < -0.39 is 11.7 Å². The lowest BCUT2D eigenvalue weighted by Crippen LogP contribution is -2.45. The Hall–Kier alpha value is -3.70. The molecule has 0 amide bonds. The average molecular weight is 773 g/mol. The summed E-state index contributed by atoms with van der Waals surface area (Å²) in [7, 11) is 2.13. The molecule has 2 saturated heterocycles. The van der Waals surface area contributed by atoms with Crippen molar-refractivity contribution in [3.63, 3.8) is 0 Å². The Kier molecular flexibility index (Phi) is 12.4. The van der Waals surface area contributed by atoms with Crippen LogP contribution in [0, 0.1) is 11.3 Å². The number of hydrogen-bond acceptors (Lipinski definition) is 9. The van der Waals surface area contributed by atoms with Crippen LogP contribution in [0.4, 0.5) is 35.9 Å². The van der Waals surface area contributed by atoms with Crippen LogP contribution in [0.15, 0.2) is 105 Å². The summed E-state index contributed by atoms with van der Waals surface area (Å²) in [6.45, 7) is 9.87. The van der Waals surface area contributed by atoms with Gasteiger partial charge in [0.1, 0.15) is 0 Å². The predicted octanol–water partition coefficient (Wildman–Crippen LogP) is 8.95. The van der Waals surface area contributed by atoms with E-state index in [1.54, 1.807) is 29.6 Å². The SMILES string of the molecule is CN1CCN(CCCN2c3ccccc3Sc3ccc(C(F)(F)F)cc32)CC1.N#Cc1ccc2c(c1)N(CCCN1CCC(O)CC1)c1ccccc1S2. The fourth-order valence-electron chi connectivity index (χ4n) is 7.51. The maximum atomic E-state index is 13.3. The molecular formula is C42H47F3N6OS2. The van der Waals surface area contributed by atoms with E-state index in [1.165, 1.54) is 27.6 Å². The molecule has 0 radical (unpaired) electrons. The second-order valence-electron chi connectivity index (χ2n) is 14.3. The van der Waals surface area contributed by atoms with Gasteiger partial charge in [0.25, 0.3) is 0 Å². The molecule has 4 aromatic carbocycles. The molecule has 0 atom stereocenters. The molecule has 0 aromatic heterocycles. The van der Waals surface area contributed by atoms with Gasteiger partial charge in [0.2, 0.25) is 0 Å². The third kappa shape index (κ3) is 9.21. The largest absolute Gasteiger partial charge is 0.416 e. The molecule has 12 heteroatoms. The molecule has 1 N–H and O–H groups in total. The number of likely N-dealkylation sites (N-methyl/N-ethyl adjacent to an activating group) is 1. The van der Waals surface area contributed by atoms with Crippen LogP contribution in [0.25, 0.3) is 0 Å². The maximum absolute atomic E-state index is 13.3. The van der Waals surface area contributed by atoms with Crippen molar-refractivity contribution in [3.8, 4) is 6.07 Å².